The lowest BCUT2D eigenvalue weighted by Crippen LogP contribution is -2.34. The molecule has 142 valence electrons. The van der Waals surface area contributed by atoms with Crippen molar-refractivity contribution in [3.05, 3.63) is 78.4 Å². The fourth-order valence-corrected chi connectivity index (χ4v) is 3.13. The number of benzene rings is 2. The molecule has 7 nitrogen and oxygen atoms in total. The summed E-state index contributed by atoms with van der Waals surface area (Å²) in [5.41, 5.74) is 3.60. The highest BCUT2D eigenvalue weighted by Gasteiger charge is 2.19. The Morgan fingerprint density at radius 1 is 1.14 bits per heavy atom. The number of fused-ring (bicyclic) bond motifs is 1. The lowest BCUT2D eigenvalue weighted by molar-refractivity contribution is 0.248. The topological polar surface area (TPSA) is 87.6 Å². The number of imidazole rings is 1. The summed E-state index contributed by atoms with van der Waals surface area (Å²) < 4.78 is 1.76. The molecule has 0 saturated carbocycles. The van der Waals surface area contributed by atoms with Crippen LogP contribution in [0.5, 0.6) is 0 Å². The molecule has 2 aromatic carbocycles. The minimum absolute atomic E-state index is 0.294. The van der Waals surface area contributed by atoms with Crippen LogP contribution in [-0.2, 0) is 13.0 Å². The summed E-state index contributed by atoms with van der Waals surface area (Å²) in [6.45, 7) is 2.74. The highest BCUT2D eigenvalue weighted by molar-refractivity contribution is 5.89. The lowest BCUT2D eigenvalue weighted by Gasteiger charge is -2.17. The van der Waals surface area contributed by atoms with Crippen molar-refractivity contribution in [1.29, 1.82) is 0 Å². The Labute approximate surface area is 162 Å². The van der Waals surface area contributed by atoms with Crippen LogP contribution in [0.15, 0.2) is 67.0 Å². The van der Waals surface area contributed by atoms with Crippen LogP contribution >= 0.6 is 0 Å². The predicted molar refractivity (Wildman–Crippen MR) is 109 cm³/mol. The van der Waals surface area contributed by atoms with E-state index in [1.165, 1.54) is 0 Å². The summed E-state index contributed by atoms with van der Waals surface area (Å²) >= 11 is 0. The average Bonchev–Trinajstić information content (AvgIpc) is 3.34. The molecule has 0 saturated heterocycles. The number of aromatic amines is 1. The second kappa shape index (κ2) is 7.96. The maximum absolute atomic E-state index is 12.6. The number of hydrogen-bond acceptors (Lipinski definition) is 3. The Hall–Kier alpha value is -3.61. The van der Waals surface area contributed by atoms with Crippen molar-refractivity contribution in [1.82, 2.24) is 25.1 Å². The van der Waals surface area contributed by atoms with Gasteiger partial charge in [0.05, 0.1) is 29.0 Å². The number of carbonyl (C=O) groups is 1. The molecule has 0 fully saturated rings. The van der Waals surface area contributed by atoms with Gasteiger partial charge in [-0.2, -0.15) is 5.10 Å². The first-order valence-corrected chi connectivity index (χ1v) is 9.30. The number of nitrogens with zero attached hydrogens (tertiary/aromatic N) is 3. The van der Waals surface area contributed by atoms with Crippen molar-refractivity contribution in [2.75, 3.05) is 5.32 Å². The number of H-pyrrole nitrogens is 1. The van der Waals surface area contributed by atoms with Gasteiger partial charge in [0.25, 0.3) is 0 Å². The molecule has 0 bridgehead atoms. The summed E-state index contributed by atoms with van der Waals surface area (Å²) in [7, 11) is 0. The molecule has 1 atom stereocenters. The number of rotatable bonds is 6. The number of anilines is 1. The van der Waals surface area contributed by atoms with E-state index in [9.17, 15) is 4.79 Å². The van der Waals surface area contributed by atoms with Crippen molar-refractivity contribution in [3.8, 4) is 0 Å². The third kappa shape index (κ3) is 4.03. The molecule has 4 aromatic rings. The van der Waals surface area contributed by atoms with Gasteiger partial charge >= 0.3 is 6.03 Å². The first-order chi connectivity index (χ1) is 13.7. The van der Waals surface area contributed by atoms with E-state index < -0.39 is 0 Å². The number of aryl methyl sites for hydroxylation is 1. The van der Waals surface area contributed by atoms with Crippen molar-refractivity contribution < 1.29 is 4.79 Å². The van der Waals surface area contributed by atoms with Crippen molar-refractivity contribution in [2.24, 2.45) is 0 Å². The fraction of sp³-hybridized carbons (Fsp3) is 0.190. The lowest BCUT2D eigenvalue weighted by atomic mass is 10.1. The zero-order valence-electron chi connectivity index (χ0n) is 15.6. The SMILES string of the molecule is CCn1cc(NC(=O)NC(Cc2ccccc2)c2nc3ccccc3[nH]2)cn1. The molecule has 4 rings (SSSR count). The van der Waals surface area contributed by atoms with E-state index in [4.69, 9.17) is 0 Å². The Morgan fingerprint density at radius 2 is 1.93 bits per heavy atom. The van der Waals surface area contributed by atoms with Crippen LogP contribution in [0.3, 0.4) is 0 Å². The van der Waals surface area contributed by atoms with Gasteiger partial charge in [-0.1, -0.05) is 42.5 Å². The van der Waals surface area contributed by atoms with E-state index in [0.717, 1.165) is 29.0 Å². The number of hydrogen-bond donors (Lipinski definition) is 3. The largest absolute Gasteiger partial charge is 0.340 e. The molecular formula is C21H22N6O. The molecule has 0 radical (unpaired) electrons. The van der Waals surface area contributed by atoms with E-state index in [0.29, 0.717) is 12.1 Å². The molecule has 0 aliphatic carbocycles. The van der Waals surface area contributed by atoms with Gasteiger partial charge in [0, 0.05) is 12.7 Å². The van der Waals surface area contributed by atoms with Crippen LogP contribution < -0.4 is 10.6 Å². The zero-order valence-corrected chi connectivity index (χ0v) is 15.6. The second-order valence-electron chi connectivity index (χ2n) is 6.56. The first-order valence-electron chi connectivity index (χ1n) is 9.30. The van der Waals surface area contributed by atoms with Gasteiger partial charge in [-0.25, -0.2) is 9.78 Å². The van der Waals surface area contributed by atoms with Crippen LogP contribution in [0.4, 0.5) is 10.5 Å². The van der Waals surface area contributed by atoms with Crippen molar-refractivity contribution in [3.63, 3.8) is 0 Å². The van der Waals surface area contributed by atoms with E-state index in [2.05, 4.69) is 25.7 Å². The summed E-state index contributed by atoms with van der Waals surface area (Å²) in [4.78, 5) is 20.6. The third-order valence-corrected chi connectivity index (χ3v) is 4.54. The maximum atomic E-state index is 12.6. The molecular weight excluding hydrogens is 352 g/mol. The number of carbonyl (C=O) groups excluding carboxylic acids is 1. The van der Waals surface area contributed by atoms with E-state index in [1.54, 1.807) is 17.1 Å². The van der Waals surface area contributed by atoms with Gasteiger partial charge in [0.15, 0.2) is 0 Å². The molecule has 0 aliphatic heterocycles. The van der Waals surface area contributed by atoms with Gasteiger partial charge in [-0.05, 0) is 31.0 Å². The molecule has 7 heteroatoms. The Morgan fingerprint density at radius 3 is 2.68 bits per heavy atom. The average molecular weight is 374 g/mol. The smallest absolute Gasteiger partial charge is 0.319 e. The van der Waals surface area contributed by atoms with Gasteiger partial charge in [-0.15, -0.1) is 0 Å². The van der Waals surface area contributed by atoms with Gasteiger partial charge in [-0.3, -0.25) is 4.68 Å². The molecule has 2 heterocycles. The van der Waals surface area contributed by atoms with Crippen molar-refractivity contribution >= 4 is 22.8 Å². The Balaban J connectivity index is 1.56. The molecule has 28 heavy (non-hydrogen) atoms. The number of para-hydroxylation sites is 2. The summed E-state index contributed by atoms with van der Waals surface area (Å²) in [6.07, 6.45) is 4.06. The van der Waals surface area contributed by atoms with E-state index in [-0.39, 0.29) is 12.1 Å². The Kier molecular flexibility index (Phi) is 5.05. The van der Waals surface area contributed by atoms with Crippen LogP contribution in [-0.4, -0.2) is 25.8 Å². The van der Waals surface area contributed by atoms with Crippen molar-refractivity contribution in [2.45, 2.75) is 25.9 Å². The number of amides is 2. The van der Waals surface area contributed by atoms with Gasteiger partial charge < -0.3 is 15.6 Å². The van der Waals surface area contributed by atoms with E-state index >= 15 is 0 Å². The number of urea groups is 1. The first kappa shape index (κ1) is 17.8. The summed E-state index contributed by atoms with van der Waals surface area (Å²) in [5, 5.41) is 10.1. The van der Waals surface area contributed by atoms with E-state index in [1.807, 2.05) is 61.5 Å². The monoisotopic (exact) mass is 374 g/mol. The number of nitrogens with one attached hydrogen (secondary N) is 3. The molecule has 0 spiro atoms. The predicted octanol–water partition coefficient (Wildman–Crippen LogP) is 3.88. The fourth-order valence-electron chi connectivity index (χ4n) is 3.13. The van der Waals surface area contributed by atoms with Gasteiger partial charge in [0.1, 0.15) is 5.82 Å². The van der Waals surface area contributed by atoms with Crippen LogP contribution in [0.25, 0.3) is 11.0 Å². The second-order valence-corrected chi connectivity index (χ2v) is 6.56. The highest BCUT2D eigenvalue weighted by Crippen LogP contribution is 2.20. The van der Waals surface area contributed by atoms with Crippen LogP contribution in [0.1, 0.15) is 24.4 Å². The quantitative estimate of drug-likeness (QED) is 0.478. The summed E-state index contributed by atoms with van der Waals surface area (Å²) in [5.74, 6) is 0.726. The normalized spacial score (nSPS) is 12.0. The maximum Gasteiger partial charge on any atom is 0.319 e. The Bertz CT molecular complexity index is 1040. The molecule has 3 N–H and O–H groups in total. The molecule has 1 unspecified atom stereocenters. The standard InChI is InChI=1S/C21H22N6O/c1-2-27-14-16(13-22-27)23-21(28)26-19(12-15-8-4-3-5-9-15)20-24-17-10-6-7-11-18(17)25-20/h3-11,13-14,19H,2,12H2,1H3,(H,24,25)(H2,23,26,28). The van der Waals surface area contributed by atoms with Crippen LogP contribution in [0.2, 0.25) is 0 Å². The zero-order chi connectivity index (χ0) is 19.3. The minimum Gasteiger partial charge on any atom is -0.340 e. The molecule has 2 amide bonds. The highest BCUT2D eigenvalue weighted by atomic mass is 16.2. The van der Waals surface area contributed by atoms with Gasteiger partial charge in [0.2, 0.25) is 0 Å². The summed E-state index contributed by atoms with van der Waals surface area (Å²) in [6, 6.07) is 17.3. The molecule has 0 aliphatic rings. The van der Waals surface area contributed by atoms with Crippen LogP contribution in [0, 0.1) is 0 Å². The molecule has 2 aromatic heterocycles. The third-order valence-electron chi connectivity index (χ3n) is 4.54. The number of aromatic nitrogens is 4. The minimum atomic E-state index is -0.295.